The summed E-state index contributed by atoms with van der Waals surface area (Å²) in [6.07, 6.45) is 10.5. The lowest BCUT2D eigenvalue weighted by Gasteiger charge is -2.24. The van der Waals surface area contributed by atoms with Crippen LogP contribution in [0.4, 0.5) is 0 Å². The Kier molecular flexibility index (Phi) is 7.66. The number of ketones is 2. The van der Waals surface area contributed by atoms with E-state index in [2.05, 4.69) is 0 Å². The first-order valence-corrected chi connectivity index (χ1v) is 10.8. The molecule has 6 heteroatoms. The standard InChI is InChI=1S/C22H27NO4S/c1-17-9-13-22(14-10-17)28(26,27)23-16-20(12-11-19(3)25)15-21(23)8-6-4-5-7-18(2)24/h5,7,9-15,21H,4,6,8,16H2,1-3H3/b7-5+,12-11+. The van der Waals surface area contributed by atoms with Gasteiger partial charge in [-0.2, -0.15) is 4.31 Å². The lowest BCUT2D eigenvalue weighted by Crippen LogP contribution is -2.36. The molecular formula is C22H27NO4S. The van der Waals surface area contributed by atoms with Crippen molar-refractivity contribution in [3.8, 4) is 0 Å². The zero-order chi connectivity index (χ0) is 20.7. The molecule has 0 saturated carbocycles. The van der Waals surface area contributed by atoms with Crippen molar-refractivity contribution in [1.29, 1.82) is 0 Å². The number of carbonyl (C=O) groups excluding carboxylic acids is 2. The third kappa shape index (κ3) is 6.11. The zero-order valence-corrected chi connectivity index (χ0v) is 17.4. The van der Waals surface area contributed by atoms with Crippen LogP contribution >= 0.6 is 0 Å². The van der Waals surface area contributed by atoms with Crippen molar-refractivity contribution >= 4 is 21.6 Å². The molecule has 0 aromatic heterocycles. The van der Waals surface area contributed by atoms with Gasteiger partial charge in [-0.1, -0.05) is 35.9 Å². The maximum Gasteiger partial charge on any atom is 0.243 e. The molecule has 0 amide bonds. The Bertz CT molecular complexity index is 908. The van der Waals surface area contributed by atoms with E-state index in [1.807, 2.05) is 19.1 Å². The fourth-order valence-electron chi connectivity index (χ4n) is 3.04. The molecule has 1 unspecified atom stereocenters. The Morgan fingerprint density at radius 1 is 1.11 bits per heavy atom. The Balaban J connectivity index is 2.20. The van der Waals surface area contributed by atoms with Crippen molar-refractivity contribution in [2.24, 2.45) is 0 Å². The van der Waals surface area contributed by atoms with E-state index in [4.69, 9.17) is 0 Å². The van der Waals surface area contributed by atoms with Crippen LogP contribution in [0.2, 0.25) is 0 Å². The van der Waals surface area contributed by atoms with Crippen LogP contribution in [0.3, 0.4) is 0 Å². The molecule has 5 nitrogen and oxygen atoms in total. The van der Waals surface area contributed by atoms with Gasteiger partial charge >= 0.3 is 0 Å². The second kappa shape index (κ2) is 9.75. The largest absolute Gasteiger partial charge is 0.295 e. The first-order chi connectivity index (χ1) is 13.2. The minimum absolute atomic E-state index is 0.000920. The summed E-state index contributed by atoms with van der Waals surface area (Å²) in [6.45, 7) is 5.12. The molecule has 1 atom stereocenters. The fraction of sp³-hybridized carbons (Fsp3) is 0.364. The summed E-state index contributed by atoms with van der Waals surface area (Å²) in [6, 6.07) is 6.55. The molecule has 0 aliphatic carbocycles. The van der Waals surface area contributed by atoms with Crippen LogP contribution in [0.25, 0.3) is 0 Å². The molecular weight excluding hydrogens is 374 g/mol. The van der Waals surface area contributed by atoms with Gasteiger partial charge in [-0.15, -0.1) is 0 Å². The van der Waals surface area contributed by atoms with Crippen molar-refractivity contribution in [2.75, 3.05) is 6.54 Å². The third-order valence-corrected chi connectivity index (χ3v) is 6.38. The SMILES string of the molecule is CC(=O)/C=C/CCCC1C=C(/C=C/C(C)=O)CN1S(=O)(=O)c1ccc(C)cc1. The van der Waals surface area contributed by atoms with E-state index in [0.717, 1.165) is 17.6 Å². The molecule has 1 aliphatic heterocycles. The van der Waals surface area contributed by atoms with Gasteiger partial charge in [0.2, 0.25) is 10.0 Å². The van der Waals surface area contributed by atoms with Crippen LogP contribution < -0.4 is 0 Å². The number of carbonyl (C=O) groups is 2. The molecule has 0 radical (unpaired) electrons. The Hall–Kier alpha value is -2.31. The van der Waals surface area contributed by atoms with Gasteiger partial charge in [0.05, 0.1) is 4.90 Å². The molecule has 0 bridgehead atoms. The van der Waals surface area contributed by atoms with Gasteiger partial charge in [-0.3, -0.25) is 9.59 Å². The minimum Gasteiger partial charge on any atom is -0.295 e. The quantitative estimate of drug-likeness (QED) is 0.467. The topological polar surface area (TPSA) is 71.5 Å². The van der Waals surface area contributed by atoms with Crippen LogP contribution in [-0.2, 0) is 19.6 Å². The normalized spacial score (nSPS) is 18.1. The Labute approximate surface area is 167 Å². The number of allylic oxidation sites excluding steroid dienone is 3. The third-order valence-electron chi connectivity index (χ3n) is 4.50. The number of rotatable bonds is 9. The van der Waals surface area contributed by atoms with E-state index < -0.39 is 10.0 Å². The van der Waals surface area contributed by atoms with Gasteiger partial charge in [0.25, 0.3) is 0 Å². The molecule has 1 aromatic rings. The summed E-state index contributed by atoms with van der Waals surface area (Å²) >= 11 is 0. The average Bonchev–Trinajstić information content (AvgIpc) is 3.04. The number of aryl methyl sites for hydroxylation is 1. The summed E-state index contributed by atoms with van der Waals surface area (Å²) < 4.78 is 27.8. The number of hydrogen-bond acceptors (Lipinski definition) is 4. The highest BCUT2D eigenvalue weighted by molar-refractivity contribution is 7.89. The van der Waals surface area contributed by atoms with E-state index in [0.29, 0.717) is 12.8 Å². The molecule has 0 fully saturated rings. The van der Waals surface area contributed by atoms with Crippen LogP contribution in [0, 0.1) is 6.92 Å². The Morgan fingerprint density at radius 3 is 2.36 bits per heavy atom. The second-order valence-electron chi connectivity index (χ2n) is 7.06. The lowest BCUT2D eigenvalue weighted by atomic mass is 10.1. The maximum absolute atomic E-state index is 13.2. The van der Waals surface area contributed by atoms with Crippen molar-refractivity contribution in [3.05, 3.63) is 65.8 Å². The van der Waals surface area contributed by atoms with Crippen molar-refractivity contribution in [2.45, 2.75) is 51.0 Å². The predicted molar refractivity (Wildman–Crippen MR) is 110 cm³/mol. The molecule has 28 heavy (non-hydrogen) atoms. The van der Waals surface area contributed by atoms with Crippen molar-refractivity contribution in [3.63, 3.8) is 0 Å². The average molecular weight is 402 g/mol. The highest BCUT2D eigenvalue weighted by Gasteiger charge is 2.34. The number of nitrogens with zero attached hydrogens (tertiary/aromatic N) is 1. The van der Waals surface area contributed by atoms with Gasteiger partial charge in [-0.25, -0.2) is 8.42 Å². The van der Waals surface area contributed by atoms with Gasteiger partial charge < -0.3 is 0 Å². The fourth-order valence-corrected chi connectivity index (χ4v) is 4.64. The predicted octanol–water partition coefficient (Wildman–Crippen LogP) is 3.76. The van der Waals surface area contributed by atoms with Gasteiger partial charge in [0, 0.05) is 12.6 Å². The van der Waals surface area contributed by atoms with E-state index in [-0.39, 0.29) is 29.0 Å². The van der Waals surface area contributed by atoms with Crippen LogP contribution in [0.1, 0.15) is 38.7 Å². The maximum atomic E-state index is 13.2. The summed E-state index contributed by atoms with van der Waals surface area (Å²) in [5.74, 6) is -0.0762. The van der Waals surface area contributed by atoms with Crippen LogP contribution in [-0.4, -0.2) is 36.9 Å². The second-order valence-corrected chi connectivity index (χ2v) is 8.95. The lowest BCUT2D eigenvalue weighted by molar-refractivity contribution is -0.113. The molecule has 0 N–H and O–H groups in total. The summed E-state index contributed by atoms with van der Waals surface area (Å²) in [7, 11) is -3.64. The number of unbranched alkanes of at least 4 members (excludes halogenated alkanes) is 1. The van der Waals surface area contributed by atoms with Crippen molar-refractivity contribution in [1.82, 2.24) is 4.31 Å². The molecule has 0 saturated heterocycles. The molecule has 1 heterocycles. The minimum atomic E-state index is -3.64. The zero-order valence-electron chi connectivity index (χ0n) is 16.6. The van der Waals surface area contributed by atoms with Crippen LogP contribution in [0.5, 0.6) is 0 Å². The van der Waals surface area contributed by atoms with Gasteiger partial charge in [0.1, 0.15) is 0 Å². The number of hydrogen-bond donors (Lipinski definition) is 0. The van der Waals surface area contributed by atoms with E-state index in [1.54, 1.807) is 30.3 Å². The van der Waals surface area contributed by atoms with Crippen molar-refractivity contribution < 1.29 is 18.0 Å². The first kappa shape index (κ1) is 22.0. The summed E-state index contributed by atoms with van der Waals surface area (Å²) in [4.78, 5) is 22.5. The molecule has 1 aliphatic rings. The van der Waals surface area contributed by atoms with Crippen LogP contribution in [0.15, 0.2) is 65.1 Å². The highest BCUT2D eigenvalue weighted by Crippen LogP contribution is 2.29. The van der Waals surface area contributed by atoms with E-state index >= 15 is 0 Å². The summed E-state index contributed by atoms with van der Waals surface area (Å²) in [5.41, 5.74) is 1.81. The number of benzene rings is 1. The number of sulfonamides is 1. The molecule has 0 spiro atoms. The van der Waals surface area contributed by atoms with Gasteiger partial charge in [0.15, 0.2) is 11.6 Å². The first-order valence-electron chi connectivity index (χ1n) is 9.35. The highest BCUT2D eigenvalue weighted by atomic mass is 32.2. The Morgan fingerprint density at radius 2 is 1.75 bits per heavy atom. The van der Waals surface area contributed by atoms with E-state index in [1.165, 1.54) is 30.3 Å². The van der Waals surface area contributed by atoms with E-state index in [9.17, 15) is 18.0 Å². The smallest absolute Gasteiger partial charge is 0.243 e. The monoisotopic (exact) mass is 401 g/mol. The molecule has 2 rings (SSSR count). The van der Waals surface area contributed by atoms with Gasteiger partial charge in [-0.05, 0) is 69.9 Å². The summed E-state index contributed by atoms with van der Waals surface area (Å²) in [5, 5.41) is 0. The molecule has 150 valence electrons. The molecule has 1 aromatic carbocycles.